The van der Waals surface area contributed by atoms with Crippen LogP contribution >= 0.6 is 0 Å². The Bertz CT molecular complexity index is 1620. The lowest BCUT2D eigenvalue weighted by Crippen LogP contribution is -2.26. The SMILES string of the molecule is Cc1cccc2nc(CCNc3nc(N)nc4[nH]cnc34)n(-c3cccc(C(N)=O)c3)c(=O)c12. The van der Waals surface area contributed by atoms with Crippen LogP contribution in [-0.4, -0.2) is 41.9 Å². The number of nitrogens with two attached hydrogens (primary N) is 2. The van der Waals surface area contributed by atoms with E-state index >= 15 is 0 Å². The molecule has 11 heteroatoms. The van der Waals surface area contributed by atoms with Gasteiger partial charge in [0.15, 0.2) is 11.5 Å². The molecule has 34 heavy (non-hydrogen) atoms. The topological polar surface area (TPSA) is 170 Å². The van der Waals surface area contributed by atoms with E-state index in [1.54, 1.807) is 24.3 Å². The van der Waals surface area contributed by atoms with Crippen LogP contribution in [0.2, 0.25) is 0 Å². The summed E-state index contributed by atoms with van der Waals surface area (Å²) in [5.41, 5.74) is 14.3. The second-order valence-corrected chi connectivity index (χ2v) is 7.76. The van der Waals surface area contributed by atoms with Gasteiger partial charge in [0.25, 0.3) is 5.56 Å². The first-order valence-electron chi connectivity index (χ1n) is 10.5. The molecule has 0 aliphatic heterocycles. The minimum absolute atomic E-state index is 0.110. The third-order valence-corrected chi connectivity index (χ3v) is 5.50. The summed E-state index contributed by atoms with van der Waals surface area (Å²) in [6.45, 7) is 2.25. The van der Waals surface area contributed by atoms with E-state index in [0.717, 1.165) is 5.56 Å². The van der Waals surface area contributed by atoms with Gasteiger partial charge in [-0.25, -0.2) is 9.97 Å². The Morgan fingerprint density at radius 2 is 1.97 bits per heavy atom. The fourth-order valence-corrected chi connectivity index (χ4v) is 3.94. The summed E-state index contributed by atoms with van der Waals surface area (Å²) in [4.78, 5) is 45.6. The Labute approximate surface area is 192 Å². The number of H-pyrrole nitrogens is 1. The number of nitrogens with zero attached hydrogens (tertiary/aromatic N) is 5. The maximum atomic E-state index is 13.6. The van der Waals surface area contributed by atoms with E-state index < -0.39 is 5.91 Å². The molecule has 0 saturated carbocycles. The second-order valence-electron chi connectivity index (χ2n) is 7.76. The normalized spacial score (nSPS) is 11.2. The average molecular weight is 455 g/mol. The van der Waals surface area contributed by atoms with Gasteiger partial charge in [-0.15, -0.1) is 0 Å². The van der Waals surface area contributed by atoms with Crippen molar-refractivity contribution in [2.45, 2.75) is 13.3 Å². The zero-order valence-corrected chi connectivity index (χ0v) is 18.2. The average Bonchev–Trinajstić information content (AvgIpc) is 3.27. The Morgan fingerprint density at radius 1 is 1.15 bits per heavy atom. The van der Waals surface area contributed by atoms with Crippen LogP contribution in [0.1, 0.15) is 21.7 Å². The van der Waals surface area contributed by atoms with Crippen molar-refractivity contribution in [2.75, 3.05) is 17.6 Å². The number of nitrogens with one attached hydrogen (secondary N) is 2. The number of amides is 1. The molecule has 0 radical (unpaired) electrons. The number of aromatic amines is 1. The molecule has 5 aromatic rings. The fraction of sp³-hybridized carbons (Fsp3) is 0.130. The summed E-state index contributed by atoms with van der Waals surface area (Å²) in [5.74, 6) is 0.522. The molecular weight excluding hydrogens is 434 g/mol. The van der Waals surface area contributed by atoms with E-state index in [0.29, 0.717) is 57.9 Å². The lowest BCUT2D eigenvalue weighted by Gasteiger charge is -2.15. The number of hydrogen-bond acceptors (Lipinski definition) is 8. The zero-order chi connectivity index (χ0) is 23.8. The number of nitrogen functional groups attached to an aromatic ring is 1. The maximum Gasteiger partial charge on any atom is 0.266 e. The number of hydrogen-bond donors (Lipinski definition) is 4. The van der Waals surface area contributed by atoms with Gasteiger partial charge < -0.3 is 21.8 Å². The van der Waals surface area contributed by atoms with Crippen molar-refractivity contribution < 1.29 is 4.79 Å². The van der Waals surface area contributed by atoms with E-state index in [1.165, 1.54) is 10.9 Å². The Hall–Kier alpha value is -4.80. The van der Waals surface area contributed by atoms with E-state index in [-0.39, 0.29) is 11.5 Å². The maximum absolute atomic E-state index is 13.6. The summed E-state index contributed by atoms with van der Waals surface area (Å²) >= 11 is 0. The third-order valence-electron chi connectivity index (χ3n) is 5.50. The molecule has 0 fully saturated rings. The van der Waals surface area contributed by atoms with Crippen molar-refractivity contribution in [2.24, 2.45) is 5.73 Å². The number of imidazole rings is 1. The molecule has 6 N–H and O–H groups in total. The fourth-order valence-electron chi connectivity index (χ4n) is 3.94. The van der Waals surface area contributed by atoms with Gasteiger partial charge >= 0.3 is 0 Å². The van der Waals surface area contributed by atoms with Gasteiger partial charge in [0.1, 0.15) is 11.3 Å². The Balaban J connectivity index is 1.58. The Morgan fingerprint density at radius 3 is 2.79 bits per heavy atom. The molecular formula is C23H21N9O2. The highest BCUT2D eigenvalue weighted by Crippen LogP contribution is 2.19. The molecule has 0 bridgehead atoms. The van der Waals surface area contributed by atoms with Crippen molar-refractivity contribution in [3.05, 3.63) is 76.1 Å². The van der Waals surface area contributed by atoms with Crippen molar-refractivity contribution in [1.82, 2.24) is 29.5 Å². The van der Waals surface area contributed by atoms with E-state index in [2.05, 4.69) is 25.3 Å². The lowest BCUT2D eigenvalue weighted by atomic mass is 10.1. The highest BCUT2D eigenvalue weighted by atomic mass is 16.1. The van der Waals surface area contributed by atoms with Gasteiger partial charge in [0.2, 0.25) is 11.9 Å². The summed E-state index contributed by atoms with van der Waals surface area (Å²) in [5, 5.41) is 3.73. The Kier molecular flexibility index (Phi) is 5.13. The van der Waals surface area contributed by atoms with Crippen LogP contribution in [0.3, 0.4) is 0 Å². The summed E-state index contributed by atoms with van der Waals surface area (Å²) in [6.07, 6.45) is 1.89. The number of aryl methyl sites for hydroxylation is 1. The quantitative estimate of drug-likeness (QED) is 0.300. The van der Waals surface area contributed by atoms with Gasteiger partial charge in [-0.2, -0.15) is 9.97 Å². The van der Waals surface area contributed by atoms with Crippen LogP contribution < -0.4 is 22.3 Å². The second kappa shape index (κ2) is 8.28. The van der Waals surface area contributed by atoms with Crippen LogP contribution in [0.25, 0.3) is 27.8 Å². The predicted octanol–water partition coefficient (Wildman–Crippen LogP) is 1.70. The van der Waals surface area contributed by atoms with Crippen molar-refractivity contribution in [1.29, 1.82) is 0 Å². The zero-order valence-electron chi connectivity index (χ0n) is 18.2. The molecule has 5 rings (SSSR count). The van der Waals surface area contributed by atoms with Crippen molar-refractivity contribution in [3.8, 4) is 5.69 Å². The number of anilines is 2. The molecule has 0 aliphatic carbocycles. The van der Waals surface area contributed by atoms with E-state index in [1.807, 2.05) is 25.1 Å². The van der Waals surface area contributed by atoms with Crippen LogP contribution in [0.15, 0.2) is 53.6 Å². The van der Waals surface area contributed by atoms with Crippen molar-refractivity contribution in [3.63, 3.8) is 0 Å². The summed E-state index contributed by atoms with van der Waals surface area (Å²) in [7, 11) is 0. The summed E-state index contributed by atoms with van der Waals surface area (Å²) < 4.78 is 1.52. The van der Waals surface area contributed by atoms with E-state index in [9.17, 15) is 9.59 Å². The highest BCUT2D eigenvalue weighted by molar-refractivity contribution is 5.93. The van der Waals surface area contributed by atoms with Crippen LogP contribution in [0.4, 0.5) is 11.8 Å². The van der Waals surface area contributed by atoms with E-state index in [4.69, 9.17) is 16.5 Å². The number of carbonyl (C=O) groups is 1. The minimum atomic E-state index is -0.576. The first kappa shape index (κ1) is 21.1. The van der Waals surface area contributed by atoms with Crippen LogP contribution in [0, 0.1) is 6.92 Å². The summed E-state index contributed by atoms with van der Waals surface area (Å²) in [6, 6.07) is 12.2. The molecule has 170 valence electrons. The molecule has 0 spiro atoms. The molecule has 0 unspecified atom stereocenters. The molecule has 1 amide bonds. The standard InChI is InChI=1S/C23H21N9O2/c1-12-4-2-7-15-17(12)22(34)32(14-6-3-5-13(10-14)19(24)33)16(29-15)8-9-26-20-18-21(28-11-27-18)31-23(25)30-20/h2-7,10-11H,8-9H2,1H3,(H2,24,33)(H4,25,26,27,28,30,31). The third kappa shape index (κ3) is 3.68. The molecule has 3 heterocycles. The van der Waals surface area contributed by atoms with Crippen molar-refractivity contribution >= 4 is 39.7 Å². The van der Waals surface area contributed by atoms with Crippen LogP contribution in [0.5, 0.6) is 0 Å². The predicted molar refractivity (Wildman–Crippen MR) is 129 cm³/mol. The van der Waals surface area contributed by atoms with Gasteiger partial charge in [-0.1, -0.05) is 18.2 Å². The molecule has 0 atom stereocenters. The lowest BCUT2D eigenvalue weighted by molar-refractivity contribution is 0.1000. The first-order chi connectivity index (χ1) is 16.4. The van der Waals surface area contributed by atoms with Crippen LogP contribution in [-0.2, 0) is 6.42 Å². The smallest absolute Gasteiger partial charge is 0.266 e. The number of fused-ring (bicyclic) bond motifs is 2. The molecule has 3 aromatic heterocycles. The molecule has 0 saturated heterocycles. The van der Waals surface area contributed by atoms with Gasteiger partial charge in [0.05, 0.1) is 22.9 Å². The van der Waals surface area contributed by atoms with Gasteiger partial charge in [-0.3, -0.25) is 14.2 Å². The number of primary amides is 1. The number of aromatic nitrogens is 6. The largest absolute Gasteiger partial charge is 0.368 e. The highest BCUT2D eigenvalue weighted by Gasteiger charge is 2.16. The number of benzene rings is 2. The monoisotopic (exact) mass is 455 g/mol. The number of carbonyl (C=O) groups excluding carboxylic acids is 1. The van der Waals surface area contributed by atoms with Gasteiger partial charge in [-0.05, 0) is 36.8 Å². The first-order valence-corrected chi connectivity index (χ1v) is 10.5. The molecule has 11 nitrogen and oxygen atoms in total. The number of rotatable bonds is 6. The van der Waals surface area contributed by atoms with Gasteiger partial charge in [0, 0.05) is 18.5 Å². The molecule has 2 aromatic carbocycles. The molecule has 0 aliphatic rings. The minimum Gasteiger partial charge on any atom is -0.368 e.